The van der Waals surface area contributed by atoms with E-state index in [0.29, 0.717) is 12.6 Å². The molecule has 98 valence electrons. The Kier molecular flexibility index (Phi) is 5.41. The summed E-state index contributed by atoms with van der Waals surface area (Å²) < 4.78 is 4.71. The third-order valence-corrected chi connectivity index (χ3v) is 2.85. The molecule has 0 heterocycles. The molecule has 1 amide bonds. The lowest BCUT2D eigenvalue weighted by Gasteiger charge is -2.26. The molecule has 1 fully saturated rings. The number of methoxy groups -OCH3 is 1. The van der Waals surface area contributed by atoms with E-state index in [1.54, 1.807) is 0 Å². The maximum absolute atomic E-state index is 11.6. The van der Waals surface area contributed by atoms with Crippen molar-refractivity contribution in [1.29, 1.82) is 0 Å². The summed E-state index contributed by atoms with van der Waals surface area (Å²) in [6, 6.07) is 0.0283. The van der Waals surface area contributed by atoms with Gasteiger partial charge in [-0.2, -0.15) is 0 Å². The second-order valence-electron chi connectivity index (χ2n) is 4.50. The molecule has 1 N–H and O–H groups in total. The largest absolute Gasteiger partial charge is 0.467 e. The predicted molar refractivity (Wildman–Crippen MR) is 64.5 cm³/mol. The van der Waals surface area contributed by atoms with Gasteiger partial charge in [0.05, 0.1) is 7.11 Å². The van der Waals surface area contributed by atoms with E-state index in [-0.39, 0.29) is 11.9 Å². The quantitative estimate of drug-likeness (QED) is 0.662. The van der Waals surface area contributed by atoms with Crippen LogP contribution in [0.15, 0.2) is 0 Å². The summed E-state index contributed by atoms with van der Waals surface area (Å²) in [7, 11) is 1.35. The van der Waals surface area contributed by atoms with Crippen molar-refractivity contribution in [2.24, 2.45) is 0 Å². The average molecular weight is 242 g/mol. The van der Waals surface area contributed by atoms with Gasteiger partial charge in [0.1, 0.15) is 6.04 Å². The molecule has 5 heteroatoms. The highest BCUT2D eigenvalue weighted by Gasteiger charge is 2.32. The van der Waals surface area contributed by atoms with Gasteiger partial charge in [0.15, 0.2) is 0 Å². The maximum atomic E-state index is 11.6. The molecule has 0 bridgehead atoms. The van der Waals surface area contributed by atoms with Crippen LogP contribution in [0.3, 0.4) is 0 Å². The molecule has 0 aromatic carbocycles. The van der Waals surface area contributed by atoms with Crippen LogP contribution in [-0.2, 0) is 14.3 Å². The van der Waals surface area contributed by atoms with E-state index in [4.69, 9.17) is 4.74 Å². The van der Waals surface area contributed by atoms with Gasteiger partial charge in [-0.05, 0) is 25.8 Å². The van der Waals surface area contributed by atoms with Gasteiger partial charge in [0, 0.05) is 19.5 Å². The second-order valence-corrected chi connectivity index (χ2v) is 4.50. The fraction of sp³-hybridized carbons (Fsp3) is 0.833. The fourth-order valence-electron chi connectivity index (χ4n) is 1.95. The number of ether oxygens (including phenoxy) is 1. The molecule has 1 atom stereocenters. The normalized spacial score (nSPS) is 16.7. The first kappa shape index (κ1) is 14.0. The van der Waals surface area contributed by atoms with Crippen LogP contribution in [0.5, 0.6) is 0 Å². The molecule has 0 aliphatic heterocycles. The van der Waals surface area contributed by atoms with Gasteiger partial charge in [0.2, 0.25) is 5.91 Å². The summed E-state index contributed by atoms with van der Waals surface area (Å²) in [5.41, 5.74) is 0. The zero-order valence-electron chi connectivity index (χ0n) is 10.9. The number of amides is 1. The zero-order chi connectivity index (χ0) is 12.8. The van der Waals surface area contributed by atoms with E-state index in [1.165, 1.54) is 26.9 Å². The van der Waals surface area contributed by atoms with Gasteiger partial charge in [0.25, 0.3) is 0 Å². The first-order valence-electron chi connectivity index (χ1n) is 6.17. The van der Waals surface area contributed by atoms with Crippen LogP contribution in [-0.4, -0.2) is 49.1 Å². The van der Waals surface area contributed by atoms with Crippen LogP contribution in [0.1, 0.15) is 33.1 Å². The van der Waals surface area contributed by atoms with E-state index in [9.17, 15) is 9.59 Å². The molecule has 0 aromatic rings. The Bertz CT molecular complexity index is 277. The first-order chi connectivity index (χ1) is 8.08. The molecule has 17 heavy (non-hydrogen) atoms. The summed E-state index contributed by atoms with van der Waals surface area (Å²) >= 11 is 0. The van der Waals surface area contributed by atoms with Crippen molar-refractivity contribution in [3.05, 3.63) is 0 Å². The summed E-state index contributed by atoms with van der Waals surface area (Å²) in [5, 5.41) is 2.65. The van der Waals surface area contributed by atoms with Gasteiger partial charge in [-0.25, -0.2) is 4.79 Å². The number of carbonyl (C=O) groups excluding carboxylic acids is 2. The highest BCUT2D eigenvalue weighted by molar-refractivity contribution is 5.83. The van der Waals surface area contributed by atoms with Gasteiger partial charge in [-0.15, -0.1) is 0 Å². The molecule has 5 nitrogen and oxygen atoms in total. The van der Waals surface area contributed by atoms with Crippen LogP contribution in [0, 0.1) is 0 Å². The molecule has 1 aliphatic rings. The Morgan fingerprint density at radius 2 is 2.12 bits per heavy atom. The third-order valence-electron chi connectivity index (χ3n) is 2.85. The topological polar surface area (TPSA) is 58.6 Å². The van der Waals surface area contributed by atoms with Crippen LogP contribution in [0.4, 0.5) is 0 Å². The molecule has 0 aromatic heterocycles. The Morgan fingerprint density at radius 3 is 2.53 bits per heavy atom. The standard InChI is InChI=1S/C12H22N2O3/c1-4-7-14(10-5-6-10)8-11(12(16)17-3)13-9(2)15/h10-11H,4-8H2,1-3H3,(H,13,15). The third kappa shape index (κ3) is 4.73. The second kappa shape index (κ2) is 6.59. The summed E-state index contributed by atoms with van der Waals surface area (Å²) in [6.45, 7) is 5.03. The molecular weight excluding hydrogens is 220 g/mol. The predicted octanol–water partition coefficient (Wildman–Crippen LogP) is 0.539. The number of carbonyl (C=O) groups is 2. The Morgan fingerprint density at radius 1 is 1.47 bits per heavy atom. The number of rotatable bonds is 7. The lowest BCUT2D eigenvalue weighted by molar-refractivity contribution is -0.145. The lowest BCUT2D eigenvalue weighted by Crippen LogP contribution is -2.49. The number of hydrogen-bond donors (Lipinski definition) is 1. The summed E-state index contributed by atoms with van der Waals surface area (Å²) in [4.78, 5) is 24.9. The van der Waals surface area contributed by atoms with Crippen molar-refractivity contribution in [2.75, 3.05) is 20.2 Å². The van der Waals surface area contributed by atoms with Crippen molar-refractivity contribution in [3.8, 4) is 0 Å². The molecule has 0 radical (unpaired) electrons. The molecular formula is C12H22N2O3. The lowest BCUT2D eigenvalue weighted by atomic mass is 10.2. The smallest absolute Gasteiger partial charge is 0.329 e. The van der Waals surface area contributed by atoms with E-state index < -0.39 is 6.04 Å². The SMILES string of the molecule is CCCN(CC(NC(C)=O)C(=O)OC)C1CC1. The molecule has 0 spiro atoms. The summed E-state index contributed by atoms with van der Waals surface area (Å²) in [6.07, 6.45) is 3.42. The Labute approximate surface area is 102 Å². The number of nitrogens with zero attached hydrogens (tertiary/aromatic N) is 1. The Hall–Kier alpha value is -1.10. The molecule has 1 rings (SSSR count). The van der Waals surface area contributed by atoms with Crippen molar-refractivity contribution < 1.29 is 14.3 Å². The van der Waals surface area contributed by atoms with Crippen LogP contribution >= 0.6 is 0 Å². The highest BCUT2D eigenvalue weighted by Crippen LogP contribution is 2.27. The fourth-order valence-corrected chi connectivity index (χ4v) is 1.95. The van der Waals surface area contributed by atoms with Crippen LogP contribution in [0.2, 0.25) is 0 Å². The number of hydrogen-bond acceptors (Lipinski definition) is 4. The molecule has 1 unspecified atom stereocenters. The van der Waals surface area contributed by atoms with Crippen LogP contribution < -0.4 is 5.32 Å². The van der Waals surface area contributed by atoms with E-state index >= 15 is 0 Å². The minimum Gasteiger partial charge on any atom is -0.467 e. The summed E-state index contributed by atoms with van der Waals surface area (Å²) in [5.74, 6) is -0.574. The Balaban J connectivity index is 2.55. The van der Waals surface area contributed by atoms with Crippen molar-refractivity contribution in [2.45, 2.75) is 45.2 Å². The number of esters is 1. The van der Waals surface area contributed by atoms with E-state index in [0.717, 1.165) is 13.0 Å². The van der Waals surface area contributed by atoms with Crippen molar-refractivity contribution >= 4 is 11.9 Å². The van der Waals surface area contributed by atoms with Gasteiger partial charge in [-0.1, -0.05) is 6.92 Å². The maximum Gasteiger partial charge on any atom is 0.329 e. The minimum absolute atomic E-state index is 0.201. The first-order valence-corrected chi connectivity index (χ1v) is 6.17. The molecule has 0 saturated heterocycles. The highest BCUT2D eigenvalue weighted by atomic mass is 16.5. The van der Waals surface area contributed by atoms with Gasteiger partial charge < -0.3 is 10.1 Å². The average Bonchev–Trinajstić information content (AvgIpc) is 3.09. The van der Waals surface area contributed by atoms with Crippen molar-refractivity contribution in [1.82, 2.24) is 10.2 Å². The van der Waals surface area contributed by atoms with E-state index in [1.807, 2.05) is 0 Å². The van der Waals surface area contributed by atoms with E-state index in [2.05, 4.69) is 17.1 Å². The van der Waals surface area contributed by atoms with Crippen molar-refractivity contribution in [3.63, 3.8) is 0 Å². The zero-order valence-corrected chi connectivity index (χ0v) is 10.9. The number of nitrogens with one attached hydrogen (secondary N) is 1. The molecule has 1 saturated carbocycles. The van der Waals surface area contributed by atoms with Crippen LogP contribution in [0.25, 0.3) is 0 Å². The monoisotopic (exact) mass is 242 g/mol. The van der Waals surface area contributed by atoms with Gasteiger partial charge in [-0.3, -0.25) is 9.69 Å². The molecule has 1 aliphatic carbocycles. The van der Waals surface area contributed by atoms with Gasteiger partial charge >= 0.3 is 5.97 Å². The minimum atomic E-state index is -0.551.